The molecule has 1 N–H and O–H groups in total. The van der Waals surface area contributed by atoms with Gasteiger partial charge in [-0.1, -0.05) is 28.1 Å². The molecule has 2 rings (SSSR count). The molecule has 0 saturated carbocycles. The van der Waals surface area contributed by atoms with Gasteiger partial charge in [-0.3, -0.25) is 4.79 Å². The van der Waals surface area contributed by atoms with Gasteiger partial charge in [0.25, 0.3) is 0 Å². The molecule has 3 nitrogen and oxygen atoms in total. The summed E-state index contributed by atoms with van der Waals surface area (Å²) in [6, 6.07) is 8.55. The molecule has 5 heteroatoms. The zero-order valence-electron chi connectivity index (χ0n) is 11.1. The zero-order valence-corrected chi connectivity index (χ0v) is 12.7. The molecule has 0 aromatic heterocycles. The molecule has 0 unspecified atom stereocenters. The Balaban J connectivity index is 2.27. The summed E-state index contributed by atoms with van der Waals surface area (Å²) in [6.07, 6.45) is 2.91. The Morgan fingerprint density at radius 2 is 2.10 bits per heavy atom. The Hall–Kier alpha value is -2.14. The highest BCUT2D eigenvalue weighted by molar-refractivity contribution is 9.10. The third-order valence-electron chi connectivity index (χ3n) is 2.82. The zero-order chi connectivity index (χ0) is 15.4. The number of aromatic hydroxyl groups is 1. The number of ether oxygens (including phenoxy) is 1. The maximum atomic E-state index is 13.1. The number of phenolic OH excluding ortho intramolecular Hbond substituents is 1. The van der Waals surface area contributed by atoms with Gasteiger partial charge in [0, 0.05) is 10.0 Å². The molecule has 108 valence electrons. The van der Waals surface area contributed by atoms with E-state index in [1.807, 2.05) is 0 Å². The molecule has 0 bridgehead atoms. The van der Waals surface area contributed by atoms with E-state index < -0.39 is 5.82 Å². The number of phenols is 1. The fraction of sp³-hybridized carbons (Fsp3) is 0.0625. The first-order valence-electron chi connectivity index (χ1n) is 6.05. The highest BCUT2D eigenvalue weighted by Crippen LogP contribution is 2.33. The summed E-state index contributed by atoms with van der Waals surface area (Å²) in [5.74, 6) is -0.468. The van der Waals surface area contributed by atoms with Crippen molar-refractivity contribution in [3.63, 3.8) is 0 Å². The van der Waals surface area contributed by atoms with Gasteiger partial charge in [0.2, 0.25) is 0 Å². The molecule has 0 atom stereocenters. The fourth-order valence-corrected chi connectivity index (χ4v) is 2.22. The van der Waals surface area contributed by atoms with Crippen LogP contribution in [0.2, 0.25) is 0 Å². The monoisotopic (exact) mass is 350 g/mol. The molecular weight excluding hydrogens is 339 g/mol. The van der Waals surface area contributed by atoms with Crippen LogP contribution in [0.3, 0.4) is 0 Å². The Morgan fingerprint density at radius 1 is 1.33 bits per heavy atom. The molecule has 0 aliphatic rings. The number of methoxy groups -OCH3 is 1. The number of benzene rings is 2. The Morgan fingerprint density at radius 3 is 2.76 bits per heavy atom. The molecule has 0 spiro atoms. The van der Waals surface area contributed by atoms with Gasteiger partial charge in [0.15, 0.2) is 17.3 Å². The van der Waals surface area contributed by atoms with Crippen molar-refractivity contribution in [3.8, 4) is 11.5 Å². The van der Waals surface area contributed by atoms with E-state index in [0.717, 1.165) is 0 Å². The Kier molecular flexibility index (Phi) is 4.75. The minimum atomic E-state index is -0.457. The van der Waals surface area contributed by atoms with Crippen LogP contribution in [0.15, 0.2) is 46.9 Å². The second kappa shape index (κ2) is 6.54. The topological polar surface area (TPSA) is 46.5 Å². The molecule has 2 aromatic rings. The van der Waals surface area contributed by atoms with Gasteiger partial charge in [-0.05, 0) is 42.0 Å². The van der Waals surface area contributed by atoms with E-state index in [0.29, 0.717) is 15.8 Å². The van der Waals surface area contributed by atoms with Gasteiger partial charge >= 0.3 is 0 Å². The SMILES string of the molecule is COc1cc(C=CC(=O)c2cccc(F)c2)c(Br)cc1O. The largest absolute Gasteiger partial charge is 0.504 e. The molecule has 0 aliphatic carbocycles. The van der Waals surface area contributed by atoms with E-state index >= 15 is 0 Å². The lowest BCUT2D eigenvalue weighted by atomic mass is 10.1. The number of ketones is 1. The molecule has 0 saturated heterocycles. The summed E-state index contributed by atoms with van der Waals surface area (Å²) in [6.45, 7) is 0. The van der Waals surface area contributed by atoms with Crippen LogP contribution in [-0.4, -0.2) is 18.0 Å². The van der Waals surface area contributed by atoms with Crippen molar-refractivity contribution >= 4 is 27.8 Å². The van der Waals surface area contributed by atoms with E-state index in [9.17, 15) is 14.3 Å². The first-order chi connectivity index (χ1) is 10.0. The van der Waals surface area contributed by atoms with Gasteiger partial charge in [-0.15, -0.1) is 0 Å². The third-order valence-corrected chi connectivity index (χ3v) is 3.51. The normalized spacial score (nSPS) is 10.8. The Bertz CT molecular complexity index is 711. The number of allylic oxidation sites excluding steroid dienone is 1. The minimum absolute atomic E-state index is 0.00187. The number of carbonyl (C=O) groups is 1. The molecule has 0 amide bonds. The predicted molar refractivity (Wildman–Crippen MR) is 82.1 cm³/mol. The summed E-state index contributed by atoms with van der Waals surface area (Å²) >= 11 is 3.29. The van der Waals surface area contributed by atoms with Crippen molar-refractivity contribution in [1.29, 1.82) is 0 Å². The van der Waals surface area contributed by atoms with Crippen LogP contribution in [0.25, 0.3) is 6.08 Å². The molecule has 21 heavy (non-hydrogen) atoms. The molecule has 0 fully saturated rings. The molecule has 2 aromatic carbocycles. The van der Waals surface area contributed by atoms with Crippen LogP contribution in [0, 0.1) is 5.82 Å². The van der Waals surface area contributed by atoms with Gasteiger partial charge in [-0.25, -0.2) is 4.39 Å². The minimum Gasteiger partial charge on any atom is -0.504 e. The van der Waals surface area contributed by atoms with E-state index in [4.69, 9.17) is 4.74 Å². The van der Waals surface area contributed by atoms with Crippen molar-refractivity contribution in [3.05, 3.63) is 63.9 Å². The lowest BCUT2D eigenvalue weighted by Gasteiger charge is -2.06. The number of rotatable bonds is 4. The predicted octanol–water partition coefficient (Wildman–Crippen LogP) is 4.20. The standard InChI is InChI=1S/C16H12BrFO3/c1-21-16-8-10(13(17)9-15(16)20)5-6-14(19)11-3-2-4-12(18)7-11/h2-9,20H,1H3. The third kappa shape index (κ3) is 3.70. The van der Waals surface area contributed by atoms with E-state index in [-0.39, 0.29) is 17.1 Å². The van der Waals surface area contributed by atoms with Crippen LogP contribution in [-0.2, 0) is 0 Å². The van der Waals surface area contributed by atoms with Gasteiger partial charge in [-0.2, -0.15) is 0 Å². The lowest BCUT2D eigenvalue weighted by molar-refractivity contribution is 0.104. The maximum Gasteiger partial charge on any atom is 0.185 e. The summed E-state index contributed by atoms with van der Waals surface area (Å²) < 4.78 is 18.7. The second-order valence-electron chi connectivity index (χ2n) is 4.25. The molecule has 0 radical (unpaired) electrons. The quantitative estimate of drug-likeness (QED) is 0.663. The summed E-state index contributed by atoms with van der Waals surface area (Å²) in [4.78, 5) is 12.0. The van der Waals surface area contributed by atoms with Crippen LogP contribution < -0.4 is 4.74 Å². The number of hydrogen-bond donors (Lipinski definition) is 1. The highest BCUT2D eigenvalue weighted by atomic mass is 79.9. The van der Waals surface area contributed by atoms with E-state index in [2.05, 4.69) is 15.9 Å². The Labute approximate surface area is 129 Å². The summed E-state index contributed by atoms with van der Waals surface area (Å²) in [7, 11) is 1.44. The number of halogens is 2. The van der Waals surface area contributed by atoms with Crippen molar-refractivity contribution < 1.29 is 19.0 Å². The molecule has 0 aliphatic heterocycles. The lowest BCUT2D eigenvalue weighted by Crippen LogP contribution is -1.94. The van der Waals surface area contributed by atoms with Crippen molar-refractivity contribution in [1.82, 2.24) is 0 Å². The van der Waals surface area contributed by atoms with Crippen LogP contribution in [0.5, 0.6) is 11.5 Å². The van der Waals surface area contributed by atoms with E-state index in [1.165, 1.54) is 37.5 Å². The van der Waals surface area contributed by atoms with Gasteiger partial charge in [0.1, 0.15) is 5.82 Å². The van der Waals surface area contributed by atoms with Crippen molar-refractivity contribution in [2.24, 2.45) is 0 Å². The molecular formula is C16H12BrFO3. The second-order valence-corrected chi connectivity index (χ2v) is 5.11. The van der Waals surface area contributed by atoms with Crippen LogP contribution in [0.4, 0.5) is 4.39 Å². The summed E-state index contributed by atoms with van der Waals surface area (Å²) in [5.41, 5.74) is 0.933. The number of carbonyl (C=O) groups excluding carboxylic acids is 1. The highest BCUT2D eigenvalue weighted by Gasteiger charge is 2.07. The van der Waals surface area contributed by atoms with Gasteiger partial charge in [0.05, 0.1) is 7.11 Å². The molecule has 0 heterocycles. The first kappa shape index (κ1) is 15.3. The summed E-state index contributed by atoms with van der Waals surface area (Å²) in [5, 5.41) is 9.61. The van der Waals surface area contributed by atoms with Gasteiger partial charge < -0.3 is 9.84 Å². The average molecular weight is 351 g/mol. The fourth-order valence-electron chi connectivity index (χ4n) is 1.75. The average Bonchev–Trinajstić information content (AvgIpc) is 2.46. The smallest absolute Gasteiger partial charge is 0.185 e. The maximum absolute atomic E-state index is 13.1. The van der Waals surface area contributed by atoms with Crippen molar-refractivity contribution in [2.45, 2.75) is 0 Å². The first-order valence-corrected chi connectivity index (χ1v) is 6.85. The van der Waals surface area contributed by atoms with Crippen LogP contribution in [0.1, 0.15) is 15.9 Å². The van der Waals surface area contributed by atoms with Crippen LogP contribution >= 0.6 is 15.9 Å². The number of hydrogen-bond acceptors (Lipinski definition) is 3. The van der Waals surface area contributed by atoms with E-state index in [1.54, 1.807) is 18.2 Å². The van der Waals surface area contributed by atoms with Crippen molar-refractivity contribution in [2.75, 3.05) is 7.11 Å².